The molecule has 0 radical (unpaired) electrons. The molecular formula is C18H26O. The number of hydrogen-bond acceptors (Lipinski definition) is 1. The largest absolute Gasteiger partial charge is 0.393 e. The maximum atomic E-state index is 10.6. The maximum absolute atomic E-state index is 10.6. The molecule has 1 aromatic rings. The van der Waals surface area contributed by atoms with E-state index in [1.807, 2.05) is 0 Å². The maximum Gasteiger partial charge on any atom is 0.0602 e. The fourth-order valence-corrected chi connectivity index (χ4v) is 3.79. The summed E-state index contributed by atoms with van der Waals surface area (Å²) in [6.45, 7) is 4.72. The molecule has 0 bridgehead atoms. The van der Waals surface area contributed by atoms with Crippen LogP contribution in [0.5, 0.6) is 0 Å². The summed E-state index contributed by atoms with van der Waals surface area (Å²) in [4.78, 5) is 0. The normalized spacial score (nSPS) is 31.9. The second-order valence-electron chi connectivity index (χ2n) is 7.41. The Bertz CT molecular complexity index is 413. The third-order valence-electron chi connectivity index (χ3n) is 5.37. The first-order chi connectivity index (χ1) is 9.07. The number of aliphatic hydroxyl groups excluding tert-OH is 1. The van der Waals surface area contributed by atoms with Crippen LogP contribution in [0.3, 0.4) is 0 Å². The molecule has 0 heterocycles. The molecule has 3 atom stereocenters. The van der Waals surface area contributed by atoms with Crippen LogP contribution in [-0.2, 0) is 0 Å². The fraction of sp³-hybridized carbons (Fsp3) is 0.667. The van der Waals surface area contributed by atoms with E-state index in [-0.39, 0.29) is 6.10 Å². The molecule has 0 aromatic heterocycles. The minimum absolute atomic E-state index is 0.0682. The molecule has 0 amide bonds. The molecule has 0 spiro atoms. The molecule has 1 heteroatoms. The van der Waals surface area contributed by atoms with Gasteiger partial charge in [-0.25, -0.2) is 0 Å². The lowest BCUT2D eigenvalue weighted by Gasteiger charge is -2.36. The molecule has 1 aromatic carbocycles. The first-order valence-electron chi connectivity index (χ1n) is 7.80. The van der Waals surface area contributed by atoms with Crippen LogP contribution in [0.2, 0.25) is 0 Å². The first kappa shape index (κ1) is 13.2. The zero-order valence-electron chi connectivity index (χ0n) is 12.2. The van der Waals surface area contributed by atoms with Gasteiger partial charge in [-0.15, -0.1) is 0 Å². The van der Waals surface area contributed by atoms with Crippen LogP contribution < -0.4 is 0 Å². The second-order valence-corrected chi connectivity index (χ2v) is 7.41. The van der Waals surface area contributed by atoms with Crippen molar-refractivity contribution in [3.05, 3.63) is 35.9 Å². The van der Waals surface area contributed by atoms with Crippen molar-refractivity contribution < 1.29 is 5.11 Å². The van der Waals surface area contributed by atoms with E-state index in [0.29, 0.717) is 23.2 Å². The summed E-state index contributed by atoms with van der Waals surface area (Å²) in [6.07, 6.45) is 6.10. The Labute approximate surface area is 117 Å². The molecule has 19 heavy (non-hydrogen) atoms. The van der Waals surface area contributed by atoms with Crippen molar-refractivity contribution in [3.63, 3.8) is 0 Å². The molecule has 2 aliphatic carbocycles. The number of aliphatic hydroxyl groups is 1. The zero-order valence-corrected chi connectivity index (χ0v) is 12.2. The summed E-state index contributed by atoms with van der Waals surface area (Å²) in [6, 6.07) is 10.7. The van der Waals surface area contributed by atoms with Gasteiger partial charge in [-0.1, -0.05) is 44.2 Å². The van der Waals surface area contributed by atoms with Gasteiger partial charge in [0.05, 0.1) is 6.10 Å². The second kappa shape index (κ2) is 4.94. The minimum atomic E-state index is -0.0682. The van der Waals surface area contributed by atoms with E-state index < -0.39 is 0 Å². The van der Waals surface area contributed by atoms with Crippen molar-refractivity contribution in [2.75, 3.05) is 0 Å². The van der Waals surface area contributed by atoms with Crippen LogP contribution in [0.4, 0.5) is 0 Å². The van der Waals surface area contributed by atoms with Crippen molar-refractivity contribution in [1.82, 2.24) is 0 Å². The van der Waals surface area contributed by atoms with Crippen LogP contribution in [-0.4, -0.2) is 11.2 Å². The molecular weight excluding hydrogens is 232 g/mol. The smallest absolute Gasteiger partial charge is 0.0602 e. The van der Waals surface area contributed by atoms with Crippen molar-refractivity contribution in [2.45, 2.75) is 58.0 Å². The Morgan fingerprint density at radius 3 is 2.37 bits per heavy atom. The van der Waals surface area contributed by atoms with E-state index in [1.54, 1.807) is 0 Å². The predicted molar refractivity (Wildman–Crippen MR) is 79.0 cm³/mol. The summed E-state index contributed by atoms with van der Waals surface area (Å²) >= 11 is 0. The lowest BCUT2D eigenvalue weighted by atomic mass is 9.71. The van der Waals surface area contributed by atoms with E-state index in [1.165, 1.54) is 37.7 Å². The summed E-state index contributed by atoms with van der Waals surface area (Å²) in [5, 5.41) is 10.6. The summed E-state index contributed by atoms with van der Waals surface area (Å²) in [5.74, 6) is 1.69. The fourth-order valence-electron chi connectivity index (χ4n) is 3.79. The Morgan fingerprint density at radius 1 is 1.11 bits per heavy atom. The summed E-state index contributed by atoms with van der Waals surface area (Å²) in [5.41, 5.74) is 1.92. The zero-order chi connectivity index (χ0) is 13.5. The van der Waals surface area contributed by atoms with E-state index in [4.69, 9.17) is 0 Å². The summed E-state index contributed by atoms with van der Waals surface area (Å²) < 4.78 is 0. The summed E-state index contributed by atoms with van der Waals surface area (Å²) in [7, 11) is 0. The topological polar surface area (TPSA) is 20.2 Å². The van der Waals surface area contributed by atoms with Crippen molar-refractivity contribution in [2.24, 2.45) is 17.3 Å². The van der Waals surface area contributed by atoms with Gasteiger partial charge in [0, 0.05) is 0 Å². The molecule has 0 aliphatic heterocycles. The van der Waals surface area contributed by atoms with Crippen LogP contribution in [0, 0.1) is 17.3 Å². The van der Waals surface area contributed by atoms with Crippen molar-refractivity contribution in [3.8, 4) is 0 Å². The van der Waals surface area contributed by atoms with E-state index in [9.17, 15) is 5.11 Å². The number of rotatable bonds is 3. The van der Waals surface area contributed by atoms with Crippen molar-refractivity contribution >= 4 is 0 Å². The Kier molecular flexibility index (Phi) is 3.42. The van der Waals surface area contributed by atoms with Crippen molar-refractivity contribution in [1.29, 1.82) is 0 Å². The number of benzene rings is 1. The third-order valence-corrected chi connectivity index (χ3v) is 5.37. The molecule has 104 valence electrons. The van der Waals surface area contributed by atoms with Gasteiger partial charge >= 0.3 is 0 Å². The van der Waals surface area contributed by atoms with Gasteiger partial charge in [-0.05, 0) is 60.8 Å². The monoisotopic (exact) mass is 258 g/mol. The van der Waals surface area contributed by atoms with Gasteiger partial charge in [0.25, 0.3) is 0 Å². The standard InChI is InChI=1S/C18H26O/c1-18(2)10-8-14(9-11-18)17(19)16-12-15(16)13-6-4-3-5-7-13/h3-7,14-17,19H,8-12H2,1-2H3. The average Bonchev–Trinajstić information content (AvgIpc) is 3.19. The molecule has 1 nitrogen and oxygen atoms in total. The Balaban J connectivity index is 1.57. The first-order valence-corrected chi connectivity index (χ1v) is 7.80. The number of hydrogen-bond donors (Lipinski definition) is 1. The van der Waals surface area contributed by atoms with Gasteiger partial charge in [0.2, 0.25) is 0 Å². The van der Waals surface area contributed by atoms with Gasteiger partial charge in [0.15, 0.2) is 0 Å². The lowest BCUT2D eigenvalue weighted by molar-refractivity contribution is 0.0409. The minimum Gasteiger partial charge on any atom is -0.393 e. The van der Waals surface area contributed by atoms with E-state index in [0.717, 1.165) is 0 Å². The van der Waals surface area contributed by atoms with Crippen LogP contribution in [0.25, 0.3) is 0 Å². The Morgan fingerprint density at radius 2 is 1.74 bits per heavy atom. The molecule has 3 rings (SSSR count). The van der Waals surface area contributed by atoms with Gasteiger partial charge in [0.1, 0.15) is 0 Å². The highest BCUT2D eigenvalue weighted by Crippen LogP contribution is 2.53. The van der Waals surface area contributed by atoms with Crippen LogP contribution >= 0.6 is 0 Å². The molecule has 2 aliphatic rings. The quantitative estimate of drug-likeness (QED) is 0.853. The average molecular weight is 258 g/mol. The SMILES string of the molecule is CC1(C)CCC(C(O)C2CC2c2ccccc2)CC1. The lowest BCUT2D eigenvalue weighted by Crippen LogP contribution is -2.30. The van der Waals surface area contributed by atoms with Gasteiger partial charge < -0.3 is 5.11 Å². The van der Waals surface area contributed by atoms with E-state index in [2.05, 4.69) is 44.2 Å². The highest BCUT2D eigenvalue weighted by Gasteiger charge is 2.46. The molecule has 1 N–H and O–H groups in total. The molecule has 0 saturated heterocycles. The third kappa shape index (κ3) is 2.86. The highest BCUT2D eigenvalue weighted by atomic mass is 16.3. The molecule has 2 saturated carbocycles. The van der Waals surface area contributed by atoms with Crippen LogP contribution in [0.15, 0.2) is 30.3 Å². The predicted octanol–water partition coefficient (Wildman–Crippen LogP) is 4.37. The highest BCUT2D eigenvalue weighted by molar-refractivity contribution is 5.26. The Hall–Kier alpha value is -0.820. The molecule has 2 fully saturated rings. The van der Waals surface area contributed by atoms with Gasteiger partial charge in [-0.3, -0.25) is 0 Å². The van der Waals surface area contributed by atoms with Crippen LogP contribution in [0.1, 0.15) is 57.4 Å². The van der Waals surface area contributed by atoms with E-state index >= 15 is 0 Å². The van der Waals surface area contributed by atoms with Gasteiger partial charge in [-0.2, -0.15) is 0 Å². The molecule has 3 unspecified atom stereocenters.